The van der Waals surface area contributed by atoms with Gasteiger partial charge in [0.1, 0.15) is 18.4 Å². The fourth-order valence-corrected chi connectivity index (χ4v) is 3.83. The zero-order valence-corrected chi connectivity index (χ0v) is 13.1. The van der Waals surface area contributed by atoms with Crippen molar-refractivity contribution in [3.05, 3.63) is 32.9 Å². The Hall–Kier alpha value is -1.83. The summed E-state index contributed by atoms with van der Waals surface area (Å²) in [6, 6.07) is 1.83. The lowest BCUT2D eigenvalue weighted by Crippen LogP contribution is -2.34. The molecule has 0 bridgehead atoms. The van der Waals surface area contributed by atoms with Crippen LogP contribution in [0.4, 0.5) is 4.39 Å². The molecule has 2 aliphatic rings. The SMILES string of the molecule is N#CCCOP1(=O)OC[C@H]2O[C@@H](n3cc(F)c(=O)[nH]c3=O)C[C@@H]2O1. The van der Waals surface area contributed by atoms with E-state index in [0.717, 1.165) is 10.8 Å². The van der Waals surface area contributed by atoms with Crippen molar-refractivity contribution >= 4 is 7.82 Å². The molecule has 0 amide bonds. The zero-order valence-electron chi connectivity index (χ0n) is 12.2. The summed E-state index contributed by atoms with van der Waals surface area (Å²) in [6.45, 7) is -0.217. The smallest absolute Gasteiger partial charge is 0.349 e. The van der Waals surface area contributed by atoms with Gasteiger partial charge in [0, 0.05) is 6.42 Å². The molecule has 3 rings (SSSR count). The standard InChI is InChI=1S/C12H13FN3O7P/c13-7-5-16(12(18)15-11(7)17)10-4-8-9(22-10)6-21-24(19,23-8)20-3-1-2-14/h5,8-10H,1,3-4,6H2,(H,15,17,18)/t8-,9+,10+,24?/m0/s1. The molecule has 0 saturated carbocycles. The highest BCUT2D eigenvalue weighted by Gasteiger charge is 2.47. The van der Waals surface area contributed by atoms with Crippen LogP contribution in [-0.2, 0) is 22.9 Å². The third-order valence-electron chi connectivity index (χ3n) is 3.54. The molecule has 10 nitrogen and oxygen atoms in total. The molecule has 2 saturated heterocycles. The predicted octanol–water partition coefficient (Wildman–Crippen LogP) is 0.417. The Labute approximate surface area is 134 Å². The van der Waals surface area contributed by atoms with Gasteiger partial charge in [-0.05, 0) is 0 Å². The summed E-state index contributed by atoms with van der Waals surface area (Å²) < 4.78 is 47.4. The van der Waals surface area contributed by atoms with E-state index in [1.54, 1.807) is 0 Å². The molecule has 0 spiro atoms. The number of nitrogens with one attached hydrogen (secondary N) is 1. The third-order valence-corrected chi connectivity index (χ3v) is 5.03. The van der Waals surface area contributed by atoms with Gasteiger partial charge >= 0.3 is 13.5 Å². The van der Waals surface area contributed by atoms with E-state index in [1.807, 2.05) is 11.1 Å². The first-order chi connectivity index (χ1) is 11.4. The second-order valence-corrected chi connectivity index (χ2v) is 6.76. The summed E-state index contributed by atoms with van der Waals surface area (Å²) in [4.78, 5) is 24.7. The van der Waals surface area contributed by atoms with Crippen molar-refractivity contribution in [3.63, 3.8) is 0 Å². The van der Waals surface area contributed by atoms with E-state index in [2.05, 4.69) is 0 Å². The highest BCUT2D eigenvalue weighted by molar-refractivity contribution is 7.48. The predicted molar refractivity (Wildman–Crippen MR) is 74.4 cm³/mol. The molecule has 12 heteroatoms. The van der Waals surface area contributed by atoms with Gasteiger partial charge in [-0.15, -0.1) is 0 Å². The average Bonchev–Trinajstić information content (AvgIpc) is 2.93. The topological polar surface area (TPSA) is 133 Å². The Kier molecular flexibility index (Phi) is 4.67. The van der Waals surface area contributed by atoms with Crippen LogP contribution in [0.2, 0.25) is 0 Å². The summed E-state index contributed by atoms with van der Waals surface area (Å²) in [5.41, 5.74) is -1.96. The Morgan fingerprint density at radius 1 is 1.50 bits per heavy atom. The molecular weight excluding hydrogens is 348 g/mol. The highest BCUT2D eigenvalue weighted by Crippen LogP contribution is 2.56. The Bertz CT molecular complexity index is 831. The van der Waals surface area contributed by atoms with Gasteiger partial charge < -0.3 is 4.74 Å². The minimum Gasteiger partial charge on any atom is -0.349 e. The van der Waals surface area contributed by atoms with Gasteiger partial charge in [-0.25, -0.2) is 9.36 Å². The molecule has 3 heterocycles. The van der Waals surface area contributed by atoms with E-state index < -0.39 is 43.3 Å². The zero-order chi connectivity index (χ0) is 17.3. The van der Waals surface area contributed by atoms with Crippen LogP contribution < -0.4 is 11.2 Å². The number of hydrogen-bond acceptors (Lipinski definition) is 8. The Morgan fingerprint density at radius 2 is 2.29 bits per heavy atom. The number of aromatic amines is 1. The number of nitrogens with zero attached hydrogens (tertiary/aromatic N) is 2. The molecule has 0 radical (unpaired) electrons. The van der Waals surface area contributed by atoms with Gasteiger partial charge in [-0.2, -0.15) is 9.65 Å². The number of H-pyrrole nitrogens is 1. The minimum atomic E-state index is -3.81. The van der Waals surface area contributed by atoms with Crippen molar-refractivity contribution in [1.82, 2.24) is 9.55 Å². The normalized spacial score (nSPS) is 32.2. The van der Waals surface area contributed by atoms with Crippen LogP contribution in [0.5, 0.6) is 0 Å². The van der Waals surface area contributed by atoms with Crippen molar-refractivity contribution in [2.45, 2.75) is 31.3 Å². The lowest BCUT2D eigenvalue weighted by Gasteiger charge is -2.29. The number of rotatable bonds is 4. The number of hydrogen-bond donors (Lipinski definition) is 1. The number of ether oxygens (including phenoxy) is 1. The fraction of sp³-hybridized carbons (Fsp3) is 0.583. The van der Waals surface area contributed by atoms with E-state index in [-0.39, 0.29) is 26.1 Å². The third kappa shape index (κ3) is 3.33. The van der Waals surface area contributed by atoms with Crippen LogP contribution in [0, 0.1) is 17.1 Å². The van der Waals surface area contributed by atoms with Gasteiger partial charge in [0.05, 0.1) is 31.9 Å². The number of phosphoric acid groups is 1. The largest absolute Gasteiger partial charge is 0.475 e. The molecule has 1 aromatic rings. The van der Waals surface area contributed by atoms with Crippen LogP contribution in [0.25, 0.3) is 0 Å². The number of nitriles is 1. The van der Waals surface area contributed by atoms with E-state index in [4.69, 9.17) is 23.6 Å². The molecule has 1 aromatic heterocycles. The van der Waals surface area contributed by atoms with Gasteiger partial charge in [0.25, 0.3) is 5.56 Å². The molecule has 1 N–H and O–H groups in total. The van der Waals surface area contributed by atoms with Crippen LogP contribution in [0.3, 0.4) is 0 Å². The number of aromatic nitrogens is 2. The molecule has 2 aliphatic heterocycles. The van der Waals surface area contributed by atoms with Crippen molar-refractivity contribution < 1.29 is 27.3 Å². The first kappa shape index (κ1) is 17.0. The van der Waals surface area contributed by atoms with Gasteiger partial charge in [0.15, 0.2) is 0 Å². The number of phosphoric ester groups is 1. The molecule has 130 valence electrons. The first-order valence-electron chi connectivity index (χ1n) is 7.03. The summed E-state index contributed by atoms with van der Waals surface area (Å²) in [5.74, 6) is -1.13. The van der Waals surface area contributed by atoms with Crippen LogP contribution in [-0.4, -0.2) is 35.0 Å². The van der Waals surface area contributed by atoms with Crippen LogP contribution >= 0.6 is 7.82 Å². The van der Waals surface area contributed by atoms with Gasteiger partial charge in [0.2, 0.25) is 5.82 Å². The maximum absolute atomic E-state index is 13.4. The summed E-state index contributed by atoms with van der Waals surface area (Å²) >= 11 is 0. The molecule has 4 atom stereocenters. The van der Waals surface area contributed by atoms with Crippen molar-refractivity contribution in [2.75, 3.05) is 13.2 Å². The molecule has 0 aromatic carbocycles. The van der Waals surface area contributed by atoms with Crippen molar-refractivity contribution in [3.8, 4) is 6.07 Å². The summed E-state index contributed by atoms with van der Waals surface area (Å²) in [6.07, 6.45) is -1.38. The van der Waals surface area contributed by atoms with E-state index in [0.29, 0.717) is 0 Å². The molecule has 24 heavy (non-hydrogen) atoms. The van der Waals surface area contributed by atoms with Crippen molar-refractivity contribution in [2.24, 2.45) is 0 Å². The van der Waals surface area contributed by atoms with Crippen LogP contribution in [0.1, 0.15) is 19.1 Å². The minimum absolute atomic E-state index is 0.0238. The van der Waals surface area contributed by atoms with E-state index >= 15 is 0 Å². The van der Waals surface area contributed by atoms with E-state index in [9.17, 15) is 18.5 Å². The van der Waals surface area contributed by atoms with Crippen molar-refractivity contribution in [1.29, 1.82) is 5.26 Å². The Balaban J connectivity index is 1.73. The quantitative estimate of drug-likeness (QED) is 0.602. The first-order valence-corrected chi connectivity index (χ1v) is 8.49. The van der Waals surface area contributed by atoms with Crippen LogP contribution in [0.15, 0.2) is 15.8 Å². The fourth-order valence-electron chi connectivity index (χ4n) is 2.44. The molecule has 0 aliphatic carbocycles. The lowest BCUT2D eigenvalue weighted by molar-refractivity contribution is -0.0722. The Morgan fingerprint density at radius 3 is 3.04 bits per heavy atom. The second-order valence-electron chi connectivity index (χ2n) is 5.14. The van der Waals surface area contributed by atoms with E-state index in [1.165, 1.54) is 0 Å². The number of halogens is 1. The maximum atomic E-state index is 13.4. The lowest BCUT2D eigenvalue weighted by atomic mass is 10.2. The molecule has 1 unspecified atom stereocenters. The molecular formula is C12H13FN3O7P. The number of fused-ring (bicyclic) bond motifs is 1. The van der Waals surface area contributed by atoms with Gasteiger partial charge in [-0.3, -0.25) is 27.9 Å². The average molecular weight is 361 g/mol. The second kappa shape index (κ2) is 6.58. The highest BCUT2D eigenvalue weighted by atomic mass is 31.2. The summed E-state index contributed by atoms with van der Waals surface area (Å²) in [5, 5.41) is 8.45. The summed E-state index contributed by atoms with van der Waals surface area (Å²) in [7, 11) is -3.81. The van der Waals surface area contributed by atoms with Gasteiger partial charge in [-0.1, -0.05) is 0 Å². The molecule has 2 fully saturated rings. The monoisotopic (exact) mass is 361 g/mol. The maximum Gasteiger partial charge on any atom is 0.475 e.